The number of aromatic nitrogens is 1. The van der Waals surface area contributed by atoms with Crippen LogP contribution in [-0.2, 0) is 12.8 Å². The van der Waals surface area contributed by atoms with Gasteiger partial charge in [-0.1, -0.05) is 30.3 Å². The van der Waals surface area contributed by atoms with E-state index in [2.05, 4.69) is 17.1 Å². The first-order valence-electron chi connectivity index (χ1n) is 6.20. The lowest BCUT2D eigenvalue weighted by Gasteiger charge is -2.06. The SMILES string of the molecule is NCCc1ccc(OCCc2ccccc2)cn1. The number of rotatable bonds is 6. The summed E-state index contributed by atoms with van der Waals surface area (Å²) >= 11 is 0. The summed E-state index contributed by atoms with van der Waals surface area (Å²) in [5, 5.41) is 0. The van der Waals surface area contributed by atoms with Gasteiger partial charge < -0.3 is 10.5 Å². The number of hydrogen-bond acceptors (Lipinski definition) is 3. The Kier molecular flexibility index (Phi) is 4.73. The van der Waals surface area contributed by atoms with E-state index in [1.54, 1.807) is 6.20 Å². The van der Waals surface area contributed by atoms with Crippen molar-refractivity contribution in [3.05, 3.63) is 59.9 Å². The Balaban J connectivity index is 1.80. The Bertz CT molecular complexity index is 454. The van der Waals surface area contributed by atoms with Crippen molar-refractivity contribution >= 4 is 0 Å². The zero-order valence-electron chi connectivity index (χ0n) is 10.4. The lowest BCUT2D eigenvalue weighted by molar-refractivity contribution is 0.320. The van der Waals surface area contributed by atoms with Crippen LogP contribution in [0.3, 0.4) is 0 Å². The van der Waals surface area contributed by atoms with Crippen LogP contribution in [0.4, 0.5) is 0 Å². The third kappa shape index (κ3) is 3.86. The molecule has 3 heteroatoms. The molecular weight excluding hydrogens is 224 g/mol. The molecule has 0 aliphatic heterocycles. The molecule has 2 N–H and O–H groups in total. The van der Waals surface area contributed by atoms with Crippen LogP contribution in [-0.4, -0.2) is 18.1 Å². The van der Waals surface area contributed by atoms with Crippen LogP contribution in [0.2, 0.25) is 0 Å². The summed E-state index contributed by atoms with van der Waals surface area (Å²) in [6.45, 7) is 1.29. The zero-order valence-corrected chi connectivity index (χ0v) is 10.4. The molecule has 94 valence electrons. The van der Waals surface area contributed by atoms with Gasteiger partial charge in [0.15, 0.2) is 0 Å². The minimum atomic E-state index is 0.626. The van der Waals surface area contributed by atoms with Crippen molar-refractivity contribution in [3.63, 3.8) is 0 Å². The largest absolute Gasteiger partial charge is 0.492 e. The number of nitrogens with two attached hydrogens (primary N) is 1. The molecule has 0 spiro atoms. The summed E-state index contributed by atoms with van der Waals surface area (Å²) in [6.07, 6.45) is 3.48. The highest BCUT2D eigenvalue weighted by atomic mass is 16.5. The summed E-state index contributed by atoms with van der Waals surface area (Å²) in [5.74, 6) is 0.812. The third-order valence-corrected chi connectivity index (χ3v) is 2.70. The van der Waals surface area contributed by atoms with Gasteiger partial charge in [-0.15, -0.1) is 0 Å². The van der Waals surface area contributed by atoms with Crippen molar-refractivity contribution in [2.45, 2.75) is 12.8 Å². The van der Waals surface area contributed by atoms with Crippen LogP contribution < -0.4 is 10.5 Å². The maximum Gasteiger partial charge on any atom is 0.137 e. The van der Waals surface area contributed by atoms with Gasteiger partial charge in [-0.25, -0.2) is 0 Å². The highest BCUT2D eigenvalue weighted by Crippen LogP contribution is 2.10. The number of benzene rings is 1. The molecular formula is C15H18N2O. The molecule has 0 bridgehead atoms. The highest BCUT2D eigenvalue weighted by molar-refractivity contribution is 5.20. The predicted octanol–water partition coefficient (Wildman–Crippen LogP) is 2.20. The first kappa shape index (κ1) is 12.6. The molecule has 1 heterocycles. The number of nitrogens with zero attached hydrogens (tertiary/aromatic N) is 1. The average Bonchev–Trinajstić information content (AvgIpc) is 2.42. The van der Waals surface area contributed by atoms with E-state index in [0.29, 0.717) is 13.2 Å². The second-order valence-corrected chi connectivity index (χ2v) is 4.11. The van der Waals surface area contributed by atoms with Gasteiger partial charge in [-0.2, -0.15) is 0 Å². The molecule has 0 aliphatic rings. The van der Waals surface area contributed by atoms with Crippen molar-refractivity contribution < 1.29 is 4.74 Å². The molecule has 0 aliphatic carbocycles. The molecule has 1 aromatic carbocycles. The minimum absolute atomic E-state index is 0.626. The van der Waals surface area contributed by atoms with Crippen LogP contribution in [0, 0.1) is 0 Å². The van der Waals surface area contributed by atoms with Crippen molar-refractivity contribution in [3.8, 4) is 5.75 Å². The number of ether oxygens (including phenoxy) is 1. The maximum atomic E-state index is 5.65. The Morgan fingerprint density at radius 2 is 1.83 bits per heavy atom. The summed E-state index contributed by atoms with van der Waals surface area (Å²) in [5.41, 5.74) is 7.76. The van der Waals surface area contributed by atoms with E-state index in [-0.39, 0.29) is 0 Å². The molecule has 0 amide bonds. The lowest BCUT2D eigenvalue weighted by atomic mass is 10.2. The van der Waals surface area contributed by atoms with Gasteiger partial charge in [0.05, 0.1) is 12.8 Å². The molecule has 0 atom stereocenters. The molecule has 2 rings (SSSR count). The van der Waals surface area contributed by atoms with E-state index >= 15 is 0 Å². The van der Waals surface area contributed by atoms with Gasteiger partial charge in [-0.05, 0) is 24.2 Å². The van der Waals surface area contributed by atoms with Gasteiger partial charge in [0.2, 0.25) is 0 Å². The highest BCUT2D eigenvalue weighted by Gasteiger charge is 1.97. The fourth-order valence-electron chi connectivity index (χ4n) is 1.72. The normalized spacial score (nSPS) is 10.3. The van der Waals surface area contributed by atoms with E-state index in [4.69, 9.17) is 10.5 Å². The average molecular weight is 242 g/mol. The smallest absolute Gasteiger partial charge is 0.137 e. The van der Waals surface area contributed by atoms with E-state index in [0.717, 1.165) is 24.3 Å². The first-order valence-corrected chi connectivity index (χ1v) is 6.20. The van der Waals surface area contributed by atoms with E-state index in [1.807, 2.05) is 30.3 Å². The standard InChI is InChI=1S/C15H18N2O/c16-10-8-14-6-7-15(12-17-14)18-11-9-13-4-2-1-3-5-13/h1-7,12H,8-11,16H2. The quantitative estimate of drug-likeness (QED) is 0.844. The van der Waals surface area contributed by atoms with Crippen LogP contribution in [0.25, 0.3) is 0 Å². The predicted molar refractivity (Wildman–Crippen MR) is 72.6 cm³/mol. The Hall–Kier alpha value is -1.87. The van der Waals surface area contributed by atoms with Crippen molar-refractivity contribution in [2.24, 2.45) is 5.73 Å². The Morgan fingerprint density at radius 1 is 1.00 bits per heavy atom. The second-order valence-electron chi connectivity index (χ2n) is 4.11. The van der Waals surface area contributed by atoms with E-state index in [1.165, 1.54) is 5.56 Å². The Morgan fingerprint density at radius 3 is 2.50 bits per heavy atom. The topological polar surface area (TPSA) is 48.1 Å². The van der Waals surface area contributed by atoms with Crippen LogP contribution in [0.5, 0.6) is 5.75 Å². The van der Waals surface area contributed by atoms with Gasteiger partial charge >= 0.3 is 0 Å². The molecule has 3 nitrogen and oxygen atoms in total. The van der Waals surface area contributed by atoms with Crippen molar-refractivity contribution in [1.29, 1.82) is 0 Å². The summed E-state index contributed by atoms with van der Waals surface area (Å²) in [4.78, 5) is 4.29. The number of pyridine rings is 1. The summed E-state index contributed by atoms with van der Waals surface area (Å²) in [6, 6.07) is 14.2. The van der Waals surface area contributed by atoms with E-state index < -0.39 is 0 Å². The monoisotopic (exact) mass is 242 g/mol. The lowest BCUT2D eigenvalue weighted by Crippen LogP contribution is -2.05. The molecule has 18 heavy (non-hydrogen) atoms. The first-order chi connectivity index (χ1) is 8.88. The minimum Gasteiger partial charge on any atom is -0.492 e. The van der Waals surface area contributed by atoms with Gasteiger partial charge in [0, 0.05) is 18.5 Å². The maximum absolute atomic E-state index is 5.65. The molecule has 0 saturated heterocycles. The van der Waals surface area contributed by atoms with Crippen LogP contribution in [0.1, 0.15) is 11.3 Å². The molecule has 0 unspecified atom stereocenters. The molecule has 0 saturated carbocycles. The summed E-state index contributed by atoms with van der Waals surface area (Å²) in [7, 11) is 0. The molecule has 2 aromatic rings. The van der Waals surface area contributed by atoms with Crippen LogP contribution >= 0.6 is 0 Å². The molecule has 0 fully saturated rings. The van der Waals surface area contributed by atoms with E-state index in [9.17, 15) is 0 Å². The Labute approximate surface area is 108 Å². The van der Waals surface area contributed by atoms with Gasteiger partial charge in [-0.3, -0.25) is 4.98 Å². The zero-order chi connectivity index (χ0) is 12.6. The fourth-order valence-corrected chi connectivity index (χ4v) is 1.72. The number of hydrogen-bond donors (Lipinski definition) is 1. The fraction of sp³-hybridized carbons (Fsp3) is 0.267. The van der Waals surface area contributed by atoms with Crippen molar-refractivity contribution in [1.82, 2.24) is 4.98 Å². The second kappa shape index (κ2) is 6.77. The van der Waals surface area contributed by atoms with Crippen molar-refractivity contribution in [2.75, 3.05) is 13.2 Å². The molecule has 0 radical (unpaired) electrons. The van der Waals surface area contributed by atoms with Gasteiger partial charge in [0.1, 0.15) is 5.75 Å². The summed E-state index contributed by atoms with van der Waals surface area (Å²) < 4.78 is 5.65. The molecule has 1 aromatic heterocycles. The third-order valence-electron chi connectivity index (χ3n) is 2.70. The van der Waals surface area contributed by atoms with Crippen LogP contribution in [0.15, 0.2) is 48.7 Å². The van der Waals surface area contributed by atoms with Gasteiger partial charge in [0.25, 0.3) is 0 Å².